The summed E-state index contributed by atoms with van der Waals surface area (Å²) < 4.78 is 39.1. The molecule has 0 aliphatic rings. The molecule has 2 aromatic heterocycles. The molecular formula is C26H25F2N4O2PS. The van der Waals surface area contributed by atoms with E-state index >= 15 is 0 Å². The van der Waals surface area contributed by atoms with Crippen LogP contribution in [0.4, 0.5) is 14.5 Å². The van der Waals surface area contributed by atoms with Crippen LogP contribution in [-0.2, 0) is 0 Å². The van der Waals surface area contributed by atoms with E-state index in [2.05, 4.69) is 15.7 Å². The highest BCUT2D eigenvalue weighted by molar-refractivity contribution is 8.05. The second-order valence-corrected chi connectivity index (χ2v) is 9.83. The van der Waals surface area contributed by atoms with Gasteiger partial charge >= 0.3 is 0 Å². The van der Waals surface area contributed by atoms with Gasteiger partial charge in [0, 0.05) is 40.3 Å². The first-order chi connectivity index (χ1) is 17.2. The van der Waals surface area contributed by atoms with Crippen LogP contribution in [-0.4, -0.2) is 26.8 Å². The molecule has 4 rings (SSSR count). The number of aliphatic hydroxyl groups excluding tert-OH is 1. The molecule has 0 fully saturated rings. The highest BCUT2D eigenvalue weighted by Crippen LogP contribution is 2.41. The number of ether oxygens (including phenoxy) is 1. The zero-order valence-electron chi connectivity index (χ0n) is 20.1. The maximum atomic E-state index is 14.4. The lowest BCUT2D eigenvalue weighted by Crippen LogP contribution is -2.00. The SMILES string of the molecule is CPn1ccc2c(-c3cc(NS/C(C(C)=N)=C(\C)O)ccc3Oc3ccc(F)cc3F)cc(C)nc21. The summed E-state index contributed by atoms with van der Waals surface area (Å²) in [5.74, 6) is -1.16. The minimum absolute atomic E-state index is 0.0418. The molecule has 2 aromatic carbocycles. The van der Waals surface area contributed by atoms with Gasteiger partial charge in [0.15, 0.2) is 11.6 Å². The summed E-state index contributed by atoms with van der Waals surface area (Å²) >= 11 is 1.12. The summed E-state index contributed by atoms with van der Waals surface area (Å²) in [5, 5.41) is 18.7. The van der Waals surface area contributed by atoms with Crippen LogP contribution in [0.3, 0.4) is 0 Å². The van der Waals surface area contributed by atoms with Crippen molar-refractivity contribution in [2.45, 2.75) is 20.8 Å². The van der Waals surface area contributed by atoms with Crippen LogP contribution >= 0.6 is 20.7 Å². The Balaban J connectivity index is 1.84. The molecule has 0 spiro atoms. The lowest BCUT2D eigenvalue weighted by Gasteiger charge is -2.16. The number of benzene rings is 2. The predicted molar refractivity (Wildman–Crippen MR) is 146 cm³/mol. The van der Waals surface area contributed by atoms with Gasteiger partial charge in [0.05, 0.1) is 4.91 Å². The van der Waals surface area contributed by atoms with Gasteiger partial charge in [-0.3, -0.25) is 0 Å². The minimum Gasteiger partial charge on any atom is -0.511 e. The normalized spacial score (nSPS) is 12.3. The largest absolute Gasteiger partial charge is 0.511 e. The summed E-state index contributed by atoms with van der Waals surface area (Å²) in [6.07, 6.45) is 1.98. The maximum Gasteiger partial charge on any atom is 0.168 e. The second kappa shape index (κ2) is 10.7. The molecule has 0 radical (unpaired) electrons. The molecule has 0 bridgehead atoms. The number of hydrogen-bond acceptors (Lipinski definition) is 6. The summed E-state index contributed by atoms with van der Waals surface area (Å²) in [7, 11) is 0.494. The molecule has 2 heterocycles. The van der Waals surface area contributed by atoms with E-state index in [4.69, 9.17) is 15.1 Å². The van der Waals surface area contributed by atoms with Crippen molar-refractivity contribution in [1.29, 1.82) is 5.41 Å². The van der Waals surface area contributed by atoms with Crippen molar-refractivity contribution >= 4 is 43.1 Å². The zero-order chi connectivity index (χ0) is 26.0. The number of anilines is 1. The fourth-order valence-corrected chi connectivity index (χ4v) is 4.99. The highest BCUT2D eigenvalue weighted by atomic mass is 32.2. The number of fused-ring (bicyclic) bond motifs is 1. The van der Waals surface area contributed by atoms with Gasteiger partial charge in [-0.1, -0.05) is 0 Å². The molecule has 186 valence electrons. The molecule has 3 N–H and O–H groups in total. The Kier molecular flexibility index (Phi) is 7.62. The van der Waals surface area contributed by atoms with Gasteiger partial charge in [0.25, 0.3) is 0 Å². The first-order valence-electron chi connectivity index (χ1n) is 11.0. The van der Waals surface area contributed by atoms with Crippen molar-refractivity contribution < 1.29 is 18.6 Å². The van der Waals surface area contributed by atoms with Crippen LogP contribution < -0.4 is 9.46 Å². The van der Waals surface area contributed by atoms with E-state index < -0.39 is 11.6 Å². The Hall–Kier alpha value is -3.42. The Bertz CT molecular complexity index is 1500. The average molecular weight is 527 g/mol. The third kappa shape index (κ3) is 5.37. The second-order valence-electron chi connectivity index (χ2n) is 8.09. The number of allylic oxidation sites excluding steroid dienone is 2. The smallest absolute Gasteiger partial charge is 0.168 e. The van der Waals surface area contributed by atoms with E-state index in [0.29, 0.717) is 30.6 Å². The van der Waals surface area contributed by atoms with Gasteiger partial charge < -0.3 is 24.3 Å². The van der Waals surface area contributed by atoms with Crippen molar-refractivity contribution in [3.05, 3.63) is 82.7 Å². The number of aromatic nitrogens is 2. The van der Waals surface area contributed by atoms with E-state index in [1.807, 2.05) is 31.3 Å². The Labute approximate surface area is 213 Å². The van der Waals surface area contributed by atoms with Crippen molar-refractivity contribution in [2.24, 2.45) is 0 Å². The van der Waals surface area contributed by atoms with Gasteiger partial charge in [0.1, 0.15) is 23.0 Å². The Morgan fingerprint density at radius 2 is 1.83 bits per heavy atom. The van der Waals surface area contributed by atoms with E-state index in [0.717, 1.165) is 46.4 Å². The van der Waals surface area contributed by atoms with Gasteiger partial charge in [-0.15, -0.1) is 0 Å². The number of nitrogens with one attached hydrogen (secondary N) is 2. The fraction of sp³-hybridized carbons (Fsp3) is 0.154. The fourth-order valence-electron chi connectivity index (χ4n) is 3.74. The number of rotatable bonds is 8. The van der Waals surface area contributed by atoms with Crippen molar-refractivity contribution in [3.63, 3.8) is 0 Å². The summed E-state index contributed by atoms with van der Waals surface area (Å²) in [6, 6.07) is 12.4. The average Bonchev–Trinajstić information content (AvgIpc) is 3.23. The molecule has 0 saturated carbocycles. The van der Waals surface area contributed by atoms with Gasteiger partial charge in [-0.05, 0) is 96.1 Å². The molecule has 10 heteroatoms. The van der Waals surface area contributed by atoms with E-state index in [9.17, 15) is 13.9 Å². The van der Waals surface area contributed by atoms with Gasteiger partial charge in [0.2, 0.25) is 0 Å². The predicted octanol–water partition coefficient (Wildman–Crippen LogP) is 8.04. The number of hydrogen-bond donors (Lipinski definition) is 3. The van der Waals surface area contributed by atoms with Crippen LogP contribution in [0.15, 0.2) is 65.4 Å². The number of halogens is 2. The molecule has 0 aliphatic carbocycles. The molecule has 0 aliphatic heterocycles. The quantitative estimate of drug-likeness (QED) is 0.0937. The third-order valence-electron chi connectivity index (χ3n) is 5.35. The molecule has 36 heavy (non-hydrogen) atoms. The molecule has 6 nitrogen and oxygen atoms in total. The lowest BCUT2D eigenvalue weighted by atomic mass is 10.0. The summed E-state index contributed by atoms with van der Waals surface area (Å²) in [6.45, 7) is 7.09. The highest BCUT2D eigenvalue weighted by Gasteiger charge is 2.17. The number of nitrogens with zero attached hydrogens (tertiary/aromatic N) is 2. The monoisotopic (exact) mass is 526 g/mol. The third-order valence-corrected chi connectivity index (χ3v) is 7.34. The molecule has 4 aromatic rings. The minimum atomic E-state index is -0.803. The number of aryl methyl sites for hydroxylation is 1. The Morgan fingerprint density at radius 1 is 1.08 bits per heavy atom. The molecule has 1 unspecified atom stereocenters. The first-order valence-corrected chi connectivity index (χ1v) is 13.3. The van der Waals surface area contributed by atoms with Gasteiger partial charge in [-0.2, -0.15) is 0 Å². The molecule has 1 atom stereocenters. The molecule has 0 amide bonds. The summed E-state index contributed by atoms with van der Waals surface area (Å²) in [5.41, 5.74) is 4.07. The topological polar surface area (TPSA) is 83.2 Å². The zero-order valence-corrected chi connectivity index (χ0v) is 21.9. The van der Waals surface area contributed by atoms with Crippen molar-refractivity contribution in [1.82, 2.24) is 9.32 Å². The lowest BCUT2D eigenvalue weighted by molar-refractivity contribution is 0.414. The van der Waals surface area contributed by atoms with E-state index in [-0.39, 0.29) is 17.2 Å². The van der Waals surface area contributed by atoms with Crippen LogP contribution in [0.2, 0.25) is 0 Å². The Morgan fingerprint density at radius 3 is 2.50 bits per heavy atom. The molecule has 0 saturated heterocycles. The van der Waals surface area contributed by atoms with Crippen molar-refractivity contribution in [2.75, 3.05) is 11.4 Å². The number of pyridine rings is 1. The van der Waals surface area contributed by atoms with Crippen LogP contribution in [0, 0.1) is 24.0 Å². The molecular weight excluding hydrogens is 501 g/mol. The van der Waals surface area contributed by atoms with E-state index in [1.165, 1.54) is 13.0 Å². The standard InChI is InChI=1S/C26H25F2N4O2PS/c1-14-11-20(19-9-10-32(35-4)26(19)30-14)21-13-18(31-36-25(15(2)29)16(3)33)6-8-23(21)34-24-7-5-17(27)12-22(24)28/h5-13,29,31,33,35H,1-4H3/b25-16+,29-15?. The van der Waals surface area contributed by atoms with Crippen molar-refractivity contribution in [3.8, 4) is 22.6 Å². The van der Waals surface area contributed by atoms with Gasteiger partial charge in [-0.25, -0.2) is 13.8 Å². The number of aliphatic hydroxyl groups is 1. The van der Waals surface area contributed by atoms with Crippen LogP contribution in [0.5, 0.6) is 11.5 Å². The maximum absolute atomic E-state index is 14.4. The van der Waals surface area contributed by atoms with E-state index in [1.54, 1.807) is 19.1 Å². The first kappa shape index (κ1) is 25.7. The van der Waals surface area contributed by atoms with Crippen LogP contribution in [0.25, 0.3) is 22.2 Å². The van der Waals surface area contributed by atoms with Crippen LogP contribution in [0.1, 0.15) is 19.5 Å². The summed E-state index contributed by atoms with van der Waals surface area (Å²) in [4.78, 5) is 5.11.